The lowest BCUT2D eigenvalue weighted by Crippen LogP contribution is -2.56. The Kier molecular flexibility index (Phi) is 6.22. The van der Waals surface area contributed by atoms with Crippen LogP contribution in [0.15, 0.2) is 18.2 Å². The molecule has 1 heterocycles. The number of hydrogen-bond donors (Lipinski definition) is 2. The van der Waals surface area contributed by atoms with Crippen molar-refractivity contribution < 1.29 is 14.3 Å². The maximum absolute atomic E-state index is 12.5. The van der Waals surface area contributed by atoms with Crippen LogP contribution in [0.1, 0.15) is 51.5 Å². The molecule has 0 radical (unpaired) electrons. The third-order valence-corrected chi connectivity index (χ3v) is 5.21. The fraction of sp³-hybridized carbons (Fsp3) is 0.632. The van der Waals surface area contributed by atoms with Crippen LogP contribution in [-0.2, 0) is 10.2 Å². The maximum Gasteiger partial charge on any atom is 0.240 e. The van der Waals surface area contributed by atoms with Crippen LogP contribution in [0.3, 0.4) is 0 Å². The predicted octanol–water partition coefficient (Wildman–Crippen LogP) is 2.94. The fourth-order valence-electron chi connectivity index (χ4n) is 3.45. The van der Waals surface area contributed by atoms with E-state index in [1.54, 1.807) is 0 Å². The number of hydrogen-bond acceptors (Lipinski definition) is 4. The Bertz CT molecular complexity index is 613. The highest BCUT2D eigenvalue weighted by atomic mass is 35.5. The van der Waals surface area contributed by atoms with E-state index in [1.807, 2.05) is 18.2 Å². The first-order valence-corrected chi connectivity index (χ1v) is 8.88. The number of halogens is 1. The molecular formula is C19H29ClN2O3. The summed E-state index contributed by atoms with van der Waals surface area (Å²) in [6, 6.07) is 6.00. The topological polar surface area (TPSA) is 73.6 Å². The summed E-state index contributed by atoms with van der Waals surface area (Å²) in [5.41, 5.74) is 6.52. The van der Waals surface area contributed by atoms with E-state index < -0.39 is 5.54 Å². The minimum atomic E-state index is -0.693. The molecule has 1 aromatic rings. The summed E-state index contributed by atoms with van der Waals surface area (Å²) in [4.78, 5) is 12.5. The monoisotopic (exact) mass is 368 g/mol. The Balaban J connectivity index is 0.00000225. The predicted molar refractivity (Wildman–Crippen MR) is 101 cm³/mol. The average molecular weight is 369 g/mol. The Morgan fingerprint density at radius 1 is 1.16 bits per heavy atom. The van der Waals surface area contributed by atoms with Gasteiger partial charge in [0.25, 0.3) is 0 Å². The highest BCUT2D eigenvalue weighted by molar-refractivity contribution is 5.86. The number of ether oxygens (including phenoxy) is 2. The van der Waals surface area contributed by atoms with E-state index in [0.29, 0.717) is 19.8 Å². The van der Waals surface area contributed by atoms with E-state index in [0.717, 1.165) is 42.7 Å². The number of rotatable bonds is 4. The lowest BCUT2D eigenvalue weighted by atomic mass is 9.80. The Labute approximate surface area is 156 Å². The molecule has 1 aliphatic carbocycles. The quantitative estimate of drug-likeness (QED) is 0.856. The van der Waals surface area contributed by atoms with Gasteiger partial charge in [-0.3, -0.25) is 4.79 Å². The van der Waals surface area contributed by atoms with E-state index in [2.05, 4.69) is 19.2 Å². The molecule has 140 valence electrons. The van der Waals surface area contributed by atoms with Crippen molar-refractivity contribution >= 4 is 18.3 Å². The molecule has 0 bridgehead atoms. The van der Waals surface area contributed by atoms with Gasteiger partial charge in [-0.2, -0.15) is 0 Å². The third kappa shape index (κ3) is 4.39. The number of carbonyl (C=O) groups is 1. The summed E-state index contributed by atoms with van der Waals surface area (Å²) in [5, 5.41) is 3.08. The zero-order chi connectivity index (χ0) is 17.2. The molecular weight excluding hydrogens is 340 g/mol. The normalized spacial score (nSPS) is 18.8. The SMILES string of the molecule is CC(C)(CNC(=O)C1(N)CCCCC1)c1ccc2c(c1)OCCO2.Cl. The molecule has 1 aromatic carbocycles. The zero-order valence-corrected chi connectivity index (χ0v) is 15.9. The summed E-state index contributed by atoms with van der Waals surface area (Å²) in [6.45, 7) is 5.93. The number of nitrogens with one attached hydrogen (secondary N) is 1. The van der Waals surface area contributed by atoms with Gasteiger partial charge in [-0.15, -0.1) is 12.4 Å². The minimum absolute atomic E-state index is 0. The highest BCUT2D eigenvalue weighted by Crippen LogP contribution is 2.35. The van der Waals surface area contributed by atoms with E-state index in [4.69, 9.17) is 15.2 Å². The van der Waals surface area contributed by atoms with Crippen molar-refractivity contribution in [1.29, 1.82) is 0 Å². The van der Waals surface area contributed by atoms with Crippen molar-refractivity contribution in [3.63, 3.8) is 0 Å². The number of amides is 1. The van der Waals surface area contributed by atoms with Gasteiger partial charge in [-0.25, -0.2) is 0 Å². The standard InChI is InChI=1S/C19H28N2O3.ClH/c1-18(2,13-21-17(22)19(20)8-4-3-5-9-19)14-6-7-15-16(12-14)24-11-10-23-15;/h6-7,12H,3-5,8-11,13,20H2,1-2H3,(H,21,22);1H. The highest BCUT2D eigenvalue weighted by Gasteiger charge is 2.36. The molecule has 6 heteroatoms. The first kappa shape index (κ1) is 19.9. The van der Waals surface area contributed by atoms with E-state index in [9.17, 15) is 4.79 Å². The summed E-state index contributed by atoms with van der Waals surface area (Å²) in [6.07, 6.45) is 4.81. The van der Waals surface area contributed by atoms with Crippen LogP contribution >= 0.6 is 12.4 Å². The minimum Gasteiger partial charge on any atom is -0.486 e. The van der Waals surface area contributed by atoms with E-state index in [1.165, 1.54) is 6.42 Å². The van der Waals surface area contributed by atoms with Gasteiger partial charge in [0.1, 0.15) is 13.2 Å². The van der Waals surface area contributed by atoms with Gasteiger partial charge in [0.2, 0.25) is 5.91 Å². The second kappa shape index (κ2) is 7.83. The van der Waals surface area contributed by atoms with Gasteiger partial charge in [0, 0.05) is 12.0 Å². The Hall–Kier alpha value is -1.46. The second-order valence-corrected chi connectivity index (χ2v) is 7.64. The number of carbonyl (C=O) groups excluding carboxylic acids is 1. The van der Waals surface area contributed by atoms with Crippen LogP contribution in [0.4, 0.5) is 0 Å². The Morgan fingerprint density at radius 2 is 1.80 bits per heavy atom. The van der Waals surface area contributed by atoms with Gasteiger partial charge in [0.15, 0.2) is 11.5 Å². The lowest BCUT2D eigenvalue weighted by Gasteiger charge is -2.34. The molecule has 1 aliphatic heterocycles. The molecule has 0 atom stereocenters. The number of benzene rings is 1. The van der Waals surface area contributed by atoms with E-state index >= 15 is 0 Å². The number of nitrogens with two attached hydrogens (primary N) is 1. The van der Waals surface area contributed by atoms with Crippen molar-refractivity contribution in [3.8, 4) is 11.5 Å². The van der Waals surface area contributed by atoms with Gasteiger partial charge in [-0.1, -0.05) is 39.2 Å². The fourth-order valence-corrected chi connectivity index (χ4v) is 3.45. The molecule has 1 saturated carbocycles. The summed E-state index contributed by atoms with van der Waals surface area (Å²) in [5.74, 6) is 1.54. The maximum atomic E-state index is 12.5. The molecule has 0 aromatic heterocycles. The summed E-state index contributed by atoms with van der Waals surface area (Å²) < 4.78 is 11.2. The first-order chi connectivity index (χ1) is 11.4. The molecule has 0 unspecified atom stereocenters. The largest absolute Gasteiger partial charge is 0.486 e. The molecule has 5 nitrogen and oxygen atoms in total. The van der Waals surface area contributed by atoms with Crippen LogP contribution in [0.2, 0.25) is 0 Å². The van der Waals surface area contributed by atoms with Gasteiger partial charge in [-0.05, 0) is 30.5 Å². The van der Waals surface area contributed by atoms with Crippen LogP contribution in [0.5, 0.6) is 11.5 Å². The molecule has 25 heavy (non-hydrogen) atoms. The second-order valence-electron chi connectivity index (χ2n) is 7.64. The summed E-state index contributed by atoms with van der Waals surface area (Å²) in [7, 11) is 0. The molecule has 3 rings (SSSR count). The van der Waals surface area contributed by atoms with Crippen molar-refractivity contribution in [2.75, 3.05) is 19.8 Å². The van der Waals surface area contributed by atoms with Crippen molar-refractivity contribution in [1.82, 2.24) is 5.32 Å². The first-order valence-electron chi connectivity index (χ1n) is 8.88. The lowest BCUT2D eigenvalue weighted by molar-refractivity contribution is -0.127. The summed E-state index contributed by atoms with van der Waals surface area (Å²) >= 11 is 0. The molecule has 0 spiro atoms. The number of fused-ring (bicyclic) bond motifs is 1. The van der Waals surface area contributed by atoms with Crippen molar-refractivity contribution in [3.05, 3.63) is 23.8 Å². The van der Waals surface area contributed by atoms with E-state index in [-0.39, 0.29) is 23.7 Å². The Morgan fingerprint density at radius 3 is 2.48 bits per heavy atom. The van der Waals surface area contributed by atoms with Crippen LogP contribution in [0.25, 0.3) is 0 Å². The molecule has 2 aliphatic rings. The molecule has 1 amide bonds. The zero-order valence-electron chi connectivity index (χ0n) is 15.1. The van der Waals surface area contributed by atoms with Gasteiger partial charge in [0.05, 0.1) is 5.54 Å². The third-order valence-electron chi connectivity index (χ3n) is 5.21. The van der Waals surface area contributed by atoms with Gasteiger partial charge >= 0.3 is 0 Å². The average Bonchev–Trinajstić information content (AvgIpc) is 2.60. The van der Waals surface area contributed by atoms with Gasteiger partial charge < -0.3 is 20.5 Å². The van der Waals surface area contributed by atoms with Crippen molar-refractivity contribution in [2.45, 2.75) is 56.9 Å². The van der Waals surface area contributed by atoms with Crippen LogP contribution in [0, 0.1) is 0 Å². The molecule has 0 saturated heterocycles. The van der Waals surface area contributed by atoms with Crippen molar-refractivity contribution in [2.24, 2.45) is 5.73 Å². The smallest absolute Gasteiger partial charge is 0.240 e. The van der Waals surface area contributed by atoms with Crippen LogP contribution in [-0.4, -0.2) is 31.2 Å². The molecule has 3 N–H and O–H groups in total. The molecule has 1 fully saturated rings. The van der Waals surface area contributed by atoms with Crippen LogP contribution < -0.4 is 20.5 Å².